The number of carbonyl (C=O) groups excluding carboxylic acids is 2. The standard InChI is InChI=1S/C27H31N3O3S/c1-19-6-3-4-7-21(19)26-22-11-17-34-24(22)9-12-28(26)13-10-25(31)29-14-15-30(20(2)18-29)27(32)23-8-5-16-33-23/h3-8,11,16-17,20,26H,9-10,12-15,18H2,1-2H3/t20-,26+/m1/s1. The van der Waals surface area contributed by atoms with Gasteiger partial charge in [0.2, 0.25) is 5.91 Å². The Kier molecular flexibility index (Phi) is 6.57. The number of carbonyl (C=O) groups is 2. The summed E-state index contributed by atoms with van der Waals surface area (Å²) < 4.78 is 5.27. The number of fused-ring (bicyclic) bond motifs is 1. The van der Waals surface area contributed by atoms with E-state index < -0.39 is 0 Å². The Hall–Kier alpha value is -2.90. The molecular formula is C27H31N3O3S. The van der Waals surface area contributed by atoms with Crippen molar-refractivity contribution in [3.8, 4) is 0 Å². The van der Waals surface area contributed by atoms with Crippen LogP contribution < -0.4 is 0 Å². The van der Waals surface area contributed by atoms with Gasteiger partial charge in [0.05, 0.1) is 12.3 Å². The molecule has 2 atom stereocenters. The van der Waals surface area contributed by atoms with E-state index in [0.29, 0.717) is 31.8 Å². The van der Waals surface area contributed by atoms with Gasteiger partial charge in [-0.3, -0.25) is 14.5 Å². The summed E-state index contributed by atoms with van der Waals surface area (Å²) in [6, 6.07) is 14.4. The Morgan fingerprint density at radius 1 is 1.06 bits per heavy atom. The van der Waals surface area contributed by atoms with Crippen LogP contribution in [0, 0.1) is 6.92 Å². The average molecular weight is 478 g/mol. The van der Waals surface area contributed by atoms with Gasteiger partial charge in [-0.15, -0.1) is 11.3 Å². The van der Waals surface area contributed by atoms with Crippen LogP contribution >= 0.6 is 11.3 Å². The van der Waals surface area contributed by atoms with Crippen LogP contribution in [0.3, 0.4) is 0 Å². The number of hydrogen-bond acceptors (Lipinski definition) is 5. The molecule has 4 heterocycles. The number of hydrogen-bond donors (Lipinski definition) is 0. The van der Waals surface area contributed by atoms with Crippen LogP contribution in [0.4, 0.5) is 0 Å². The van der Waals surface area contributed by atoms with E-state index in [-0.39, 0.29) is 23.9 Å². The highest BCUT2D eigenvalue weighted by atomic mass is 32.1. The predicted molar refractivity (Wildman–Crippen MR) is 133 cm³/mol. The predicted octanol–water partition coefficient (Wildman–Crippen LogP) is 4.36. The van der Waals surface area contributed by atoms with Gasteiger partial charge < -0.3 is 14.2 Å². The number of aryl methyl sites for hydroxylation is 1. The molecule has 1 aromatic carbocycles. The van der Waals surface area contributed by atoms with E-state index in [1.165, 1.54) is 27.8 Å². The highest BCUT2D eigenvalue weighted by molar-refractivity contribution is 7.10. The summed E-state index contributed by atoms with van der Waals surface area (Å²) >= 11 is 1.84. The van der Waals surface area contributed by atoms with Crippen molar-refractivity contribution in [2.45, 2.75) is 38.8 Å². The van der Waals surface area contributed by atoms with Gasteiger partial charge in [-0.05, 0) is 60.5 Å². The van der Waals surface area contributed by atoms with Crippen LogP contribution in [0.15, 0.2) is 58.5 Å². The zero-order valence-electron chi connectivity index (χ0n) is 19.8. The van der Waals surface area contributed by atoms with E-state index in [4.69, 9.17) is 4.42 Å². The van der Waals surface area contributed by atoms with Crippen molar-refractivity contribution in [2.75, 3.05) is 32.7 Å². The molecule has 0 N–H and O–H groups in total. The molecule has 3 aromatic rings. The molecule has 7 heteroatoms. The quantitative estimate of drug-likeness (QED) is 0.548. The molecule has 0 unspecified atom stereocenters. The molecule has 0 radical (unpaired) electrons. The number of benzene rings is 1. The number of furan rings is 1. The van der Waals surface area contributed by atoms with Crippen molar-refractivity contribution in [3.05, 3.63) is 81.4 Å². The van der Waals surface area contributed by atoms with Gasteiger partial charge in [0.15, 0.2) is 5.76 Å². The minimum absolute atomic E-state index is 0.0432. The fourth-order valence-electron chi connectivity index (χ4n) is 5.29. The van der Waals surface area contributed by atoms with Gasteiger partial charge in [-0.25, -0.2) is 0 Å². The molecule has 1 saturated heterocycles. The van der Waals surface area contributed by atoms with Crippen LogP contribution in [0.2, 0.25) is 0 Å². The van der Waals surface area contributed by atoms with Crippen LogP contribution in [0.5, 0.6) is 0 Å². The van der Waals surface area contributed by atoms with E-state index in [1.54, 1.807) is 17.0 Å². The summed E-state index contributed by atoms with van der Waals surface area (Å²) in [4.78, 5) is 33.5. The lowest BCUT2D eigenvalue weighted by molar-refractivity contribution is -0.134. The molecule has 34 heavy (non-hydrogen) atoms. The third-order valence-corrected chi connectivity index (χ3v) is 8.13. The Labute approximate surface area is 204 Å². The van der Waals surface area contributed by atoms with Gasteiger partial charge >= 0.3 is 0 Å². The van der Waals surface area contributed by atoms with Gasteiger partial charge in [0.25, 0.3) is 5.91 Å². The molecule has 2 aliphatic heterocycles. The first kappa shape index (κ1) is 22.9. The van der Waals surface area contributed by atoms with Crippen molar-refractivity contribution in [2.24, 2.45) is 0 Å². The summed E-state index contributed by atoms with van der Waals surface area (Å²) in [6.07, 6.45) is 3.04. The maximum atomic E-state index is 13.2. The van der Waals surface area contributed by atoms with E-state index in [9.17, 15) is 9.59 Å². The fraction of sp³-hybridized carbons (Fsp3) is 0.407. The molecular weight excluding hydrogens is 446 g/mol. The van der Waals surface area contributed by atoms with Gasteiger partial charge in [0.1, 0.15) is 0 Å². The maximum Gasteiger partial charge on any atom is 0.289 e. The van der Waals surface area contributed by atoms with Crippen LogP contribution in [-0.4, -0.2) is 65.3 Å². The maximum absolute atomic E-state index is 13.2. The zero-order chi connectivity index (χ0) is 23.7. The average Bonchev–Trinajstić information content (AvgIpc) is 3.54. The molecule has 0 aliphatic carbocycles. The van der Waals surface area contributed by atoms with Gasteiger partial charge in [0, 0.05) is 50.1 Å². The monoisotopic (exact) mass is 477 g/mol. The zero-order valence-corrected chi connectivity index (χ0v) is 20.6. The topological polar surface area (TPSA) is 57.0 Å². The Morgan fingerprint density at radius 2 is 1.91 bits per heavy atom. The van der Waals surface area contributed by atoms with Gasteiger partial charge in [-0.2, -0.15) is 0 Å². The molecule has 5 rings (SSSR count). The highest BCUT2D eigenvalue weighted by Gasteiger charge is 2.33. The molecule has 0 saturated carbocycles. The third kappa shape index (κ3) is 4.42. The molecule has 1 fully saturated rings. The number of rotatable bonds is 5. The SMILES string of the molecule is Cc1ccccc1[C@H]1c2ccsc2CCN1CCC(=O)N1CCN(C(=O)c2ccco2)[C@H](C)C1. The lowest BCUT2D eigenvalue weighted by Gasteiger charge is -2.40. The molecule has 2 amide bonds. The van der Waals surface area contributed by atoms with Crippen molar-refractivity contribution in [3.63, 3.8) is 0 Å². The van der Waals surface area contributed by atoms with Crippen molar-refractivity contribution in [1.29, 1.82) is 0 Å². The van der Waals surface area contributed by atoms with Crippen LogP contribution in [0.1, 0.15) is 51.5 Å². The van der Waals surface area contributed by atoms with Crippen LogP contribution in [-0.2, 0) is 11.2 Å². The highest BCUT2D eigenvalue weighted by Crippen LogP contribution is 2.38. The number of piperazine rings is 1. The fourth-order valence-corrected chi connectivity index (χ4v) is 6.20. The van der Waals surface area contributed by atoms with Crippen molar-refractivity contribution in [1.82, 2.24) is 14.7 Å². The summed E-state index contributed by atoms with van der Waals surface area (Å²) in [6.45, 7) is 7.50. The molecule has 0 bridgehead atoms. The smallest absolute Gasteiger partial charge is 0.289 e. The van der Waals surface area contributed by atoms with E-state index in [1.807, 2.05) is 23.2 Å². The number of nitrogens with zero attached hydrogens (tertiary/aromatic N) is 3. The Bertz CT molecular complexity index is 1160. The van der Waals surface area contributed by atoms with Gasteiger partial charge in [-0.1, -0.05) is 24.3 Å². The lowest BCUT2D eigenvalue weighted by atomic mass is 9.90. The first-order valence-electron chi connectivity index (χ1n) is 12.0. The normalized spacial score (nSPS) is 20.9. The minimum Gasteiger partial charge on any atom is -0.459 e. The van der Waals surface area contributed by atoms with E-state index in [0.717, 1.165) is 19.5 Å². The second-order valence-electron chi connectivity index (χ2n) is 9.26. The minimum atomic E-state index is -0.106. The largest absolute Gasteiger partial charge is 0.459 e. The molecule has 2 aromatic heterocycles. The third-order valence-electron chi connectivity index (χ3n) is 7.13. The van der Waals surface area contributed by atoms with Crippen molar-refractivity contribution < 1.29 is 14.0 Å². The molecule has 0 spiro atoms. The Morgan fingerprint density at radius 3 is 2.68 bits per heavy atom. The molecule has 2 aliphatic rings. The van der Waals surface area contributed by atoms with E-state index in [2.05, 4.69) is 47.5 Å². The molecule has 6 nitrogen and oxygen atoms in total. The first-order valence-corrected chi connectivity index (χ1v) is 12.9. The summed E-state index contributed by atoms with van der Waals surface area (Å²) in [5, 5.41) is 2.19. The second kappa shape index (κ2) is 9.76. The summed E-state index contributed by atoms with van der Waals surface area (Å²) in [5.41, 5.74) is 4.00. The summed E-state index contributed by atoms with van der Waals surface area (Å²) in [5.74, 6) is 0.411. The number of amides is 2. The van der Waals surface area contributed by atoms with Crippen LogP contribution in [0.25, 0.3) is 0 Å². The Balaban J connectivity index is 1.24. The lowest BCUT2D eigenvalue weighted by Crippen LogP contribution is -2.55. The first-order chi connectivity index (χ1) is 16.5. The number of thiophene rings is 1. The second-order valence-corrected chi connectivity index (χ2v) is 10.3. The van der Waals surface area contributed by atoms with Crippen molar-refractivity contribution >= 4 is 23.2 Å². The summed E-state index contributed by atoms with van der Waals surface area (Å²) in [7, 11) is 0. The van der Waals surface area contributed by atoms with E-state index >= 15 is 0 Å². The molecule has 178 valence electrons.